The second-order valence-electron chi connectivity index (χ2n) is 9.25. The maximum atomic E-state index is 6.10. The third-order valence-corrected chi connectivity index (χ3v) is 5.49. The topological polar surface area (TPSA) is 18.5 Å². The molecular formula is C24H38O2Si2. The lowest BCUT2D eigenvalue weighted by Crippen LogP contribution is -2.16. The van der Waals surface area contributed by atoms with E-state index in [2.05, 4.69) is 76.1 Å². The summed E-state index contributed by atoms with van der Waals surface area (Å²) in [5.41, 5.74) is 8.77. The van der Waals surface area contributed by atoms with Gasteiger partial charge in [-0.15, -0.1) is 11.1 Å². The highest BCUT2D eigenvalue weighted by molar-refractivity contribution is 6.84. The van der Waals surface area contributed by atoms with Gasteiger partial charge in [0.15, 0.2) is 0 Å². The Labute approximate surface area is 175 Å². The smallest absolute Gasteiger partial charge is 0.136 e. The van der Waals surface area contributed by atoms with E-state index in [0.717, 1.165) is 48.3 Å². The van der Waals surface area contributed by atoms with Gasteiger partial charge in [-0.3, -0.25) is 0 Å². The van der Waals surface area contributed by atoms with Gasteiger partial charge in [-0.05, 0) is 12.8 Å². The molecule has 0 aliphatic heterocycles. The van der Waals surface area contributed by atoms with Crippen LogP contribution in [0, 0.1) is 22.9 Å². The molecular weight excluding hydrogens is 376 g/mol. The van der Waals surface area contributed by atoms with Crippen LogP contribution in [0.3, 0.4) is 0 Å². The van der Waals surface area contributed by atoms with E-state index >= 15 is 0 Å². The van der Waals surface area contributed by atoms with Crippen LogP contribution >= 0.6 is 0 Å². The first-order valence-electron chi connectivity index (χ1n) is 10.6. The van der Waals surface area contributed by atoms with Crippen molar-refractivity contribution in [2.24, 2.45) is 0 Å². The van der Waals surface area contributed by atoms with Crippen molar-refractivity contribution in [2.45, 2.75) is 78.8 Å². The predicted molar refractivity (Wildman–Crippen MR) is 128 cm³/mol. The molecule has 0 amide bonds. The fourth-order valence-electron chi connectivity index (χ4n) is 2.16. The van der Waals surface area contributed by atoms with Gasteiger partial charge in [0.2, 0.25) is 0 Å². The molecule has 0 saturated carbocycles. The summed E-state index contributed by atoms with van der Waals surface area (Å²) in [4.78, 5) is 0. The number of benzene rings is 1. The van der Waals surface area contributed by atoms with Gasteiger partial charge >= 0.3 is 0 Å². The molecule has 0 N–H and O–H groups in total. The van der Waals surface area contributed by atoms with Gasteiger partial charge in [-0.25, -0.2) is 0 Å². The van der Waals surface area contributed by atoms with Crippen LogP contribution in [0.5, 0.6) is 11.5 Å². The van der Waals surface area contributed by atoms with Crippen molar-refractivity contribution in [3.8, 4) is 34.4 Å². The number of hydrogen-bond acceptors (Lipinski definition) is 2. The maximum absolute atomic E-state index is 6.10. The maximum Gasteiger partial charge on any atom is 0.136 e. The lowest BCUT2D eigenvalue weighted by molar-refractivity contribution is 0.299. The van der Waals surface area contributed by atoms with Crippen molar-refractivity contribution < 1.29 is 9.47 Å². The molecule has 1 aromatic rings. The van der Waals surface area contributed by atoms with Crippen LogP contribution in [0.1, 0.15) is 50.7 Å². The molecule has 28 heavy (non-hydrogen) atoms. The van der Waals surface area contributed by atoms with E-state index in [4.69, 9.17) is 9.47 Å². The first-order valence-corrected chi connectivity index (χ1v) is 17.6. The summed E-state index contributed by atoms with van der Waals surface area (Å²) in [6.45, 7) is 19.3. The van der Waals surface area contributed by atoms with Crippen LogP contribution in [0.4, 0.5) is 0 Å². The summed E-state index contributed by atoms with van der Waals surface area (Å²) in [5, 5.41) is 0. The summed E-state index contributed by atoms with van der Waals surface area (Å²) < 4.78 is 12.2. The van der Waals surface area contributed by atoms with E-state index < -0.39 is 16.1 Å². The van der Waals surface area contributed by atoms with E-state index in [1.165, 1.54) is 0 Å². The number of ether oxygens (including phenoxy) is 2. The Kier molecular flexibility index (Phi) is 9.93. The van der Waals surface area contributed by atoms with Crippen LogP contribution in [-0.4, -0.2) is 29.4 Å². The molecule has 2 nitrogen and oxygen atoms in total. The molecule has 0 aliphatic rings. The van der Waals surface area contributed by atoms with Gasteiger partial charge in [-0.1, -0.05) is 77.8 Å². The third-order valence-electron chi connectivity index (χ3n) is 3.74. The largest absolute Gasteiger partial charge is 0.492 e. The Balaban J connectivity index is 3.42. The van der Waals surface area contributed by atoms with Crippen LogP contribution in [-0.2, 0) is 0 Å². The highest BCUT2D eigenvalue weighted by Gasteiger charge is 2.14. The lowest BCUT2D eigenvalue weighted by atomic mass is 10.1. The summed E-state index contributed by atoms with van der Waals surface area (Å²) in [6, 6.07) is 4.08. The van der Waals surface area contributed by atoms with Crippen LogP contribution in [0.15, 0.2) is 12.1 Å². The molecule has 0 unspecified atom stereocenters. The fourth-order valence-corrected chi connectivity index (χ4v) is 3.18. The Hall–Kier alpha value is -1.63. The van der Waals surface area contributed by atoms with Gasteiger partial charge in [0.25, 0.3) is 0 Å². The van der Waals surface area contributed by atoms with Crippen molar-refractivity contribution in [3.05, 3.63) is 23.3 Å². The number of rotatable bonds is 8. The van der Waals surface area contributed by atoms with E-state index in [9.17, 15) is 0 Å². The molecule has 0 aliphatic carbocycles. The predicted octanol–water partition coefficient (Wildman–Crippen LogP) is 6.50. The van der Waals surface area contributed by atoms with Crippen molar-refractivity contribution >= 4 is 16.1 Å². The Bertz CT molecular complexity index is 682. The van der Waals surface area contributed by atoms with Gasteiger partial charge in [-0.2, -0.15) is 0 Å². The second kappa shape index (κ2) is 11.4. The Morgan fingerprint density at radius 1 is 0.679 bits per heavy atom. The van der Waals surface area contributed by atoms with E-state index in [0.29, 0.717) is 13.2 Å². The monoisotopic (exact) mass is 414 g/mol. The zero-order chi connectivity index (χ0) is 21.2. The van der Waals surface area contributed by atoms with Crippen molar-refractivity contribution in [2.75, 3.05) is 13.2 Å². The summed E-state index contributed by atoms with van der Waals surface area (Å²) >= 11 is 0. The van der Waals surface area contributed by atoms with Crippen molar-refractivity contribution in [1.29, 1.82) is 0 Å². The van der Waals surface area contributed by atoms with Crippen LogP contribution in [0.25, 0.3) is 0 Å². The van der Waals surface area contributed by atoms with Gasteiger partial charge in [0, 0.05) is 12.1 Å². The highest BCUT2D eigenvalue weighted by Crippen LogP contribution is 2.29. The van der Waals surface area contributed by atoms with E-state index in [1.54, 1.807) is 0 Å². The first-order chi connectivity index (χ1) is 13.1. The van der Waals surface area contributed by atoms with Crippen LogP contribution < -0.4 is 9.47 Å². The van der Waals surface area contributed by atoms with Gasteiger partial charge in [0.1, 0.15) is 27.6 Å². The standard InChI is InChI=1S/C24H38O2Si2/c1-9-11-15-25-23-19-22(14-18-28(6,7)8)24(26-16-12-10-2)20-21(23)13-17-27(3,4)5/h19-20H,9-12,15-16H2,1-8H3. The molecule has 0 spiro atoms. The van der Waals surface area contributed by atoms with Crippen molar-refractivity contribution in [1.82, 2.24) is 0 Å². The van der Waals surface area contributed by atoms with Crippen molar-refractivity contribution in [3.63, 3.8) is 0 Å². The minimum Gasteiger partial charge on any atom is -0.492 e. The molecule has 1 rings (SSSR count). The minimum atomic E-state index is -1.48. The third kappa shape index (κ3) is 10.1. The minimum absolute atomic E-state index is 0.703. The van der Waals surface area contributed by atoms with Crippen LogP contribution in [0.2, 0.25) is 39.3 Å². The molecule has 0 heterocycles. The quantitative estimate of drug-likeness (QED) is 0.274. The van der Waals surface area contributed by atoms with E-state index in [-0.39, 0.29) is 0 Å². The number of unbranched alkanes of at least 4 members (excludes halogenated alkanes) is 2. The Morgan fingerprint density at radius 3 is 1.32 bits per heavy atom. The zero-order valence-corrected chi connectivity index (χ0v) is 21.2. The second-order valence-corrected chi connectivity index (χ2v) is 18.7. The average molecular weight is 415 g/mol. The molecule has 0 radical (unpaired) electrons. The summed E-state index contributed by atoms with van der Waals surface area (Å²) in [5.74, 6) is 8.43. The molecule has 4 heteroatoms. The number of hydrogen-bond donors (Lipinski definition) is 0. The molecule has 154 valence electrons. The normalized spacial score (nSPS) is 11.1. The SMILES string of the molecule is CCCCOc1cc(C#C[Si](C)(C)C)c(OCCCC)cc1C#C[Si](C)(C)C. The zero-order valence-electron chi connectivity index (χ0n) is 19.2. The fraction of sp³-hybridized carbons (Fsp3) is 0.583. The first kappa shape index (κ1) is 24.4. The molecule has 0 saturated heterocycles. The van der Waals surface area contributed by atoms with Gasteiger partial charge < -0.3 is 9.47 Å². The lowest BCUT2D eigenvalue weighted by Gasteiger charge is -2.14. The summed E-state index contributed by atoms with van der Waals surface area (Å²) in [7, 11) is -2.97. The molecule has 0 atom stereocenters. The van der Waals surface area contributed by atoms with E-state index in [1.807, 2.05) is 12.1 Å². The molecule has 0 bridgehead atoms. The molecule has 0 aromatic heterocycles. The molecule has 0 fully saturated rings. The molecule has 1 aromatic carbocycles. The highest BCUT2D eigenvalue weighted by atomic mass is 28.3. The van der Waals surface area contributed by atoms with Gasteiger partial charge in [0.05, 0.1) is 24.3 Å². The Morgan fingerprint density at radius 2 is 1.04 bits per heavy atom. The summed E-state index contributed by atoms with van der Waals surface area (Å²) in [6.07, 6.45) is 4.28. The average Bonchev–Trinajstić information content (AvgIpc) is 2.58.